The van der Waals surface area contributed by atoms with Crippen LogP contribution in [0.15, 0.2) is 29.3 Å². The van der Waals surface area contributed by atoms with E-state index in [4.69, 9.17) is 9.47 Å². The van der Waals surface area contributed by atoms with Crippen molar-refractivity contribution in [2.75, 3.05) is 33.9 Å². The largest absolute Gasteiger partial charge is 0.497 e. The van der Waals surface area contributed by atoms with Gasteiger partial charge in [0, 0.05) is 26.8 Å². The average Bonchev–Trinajstić information content (AvgIpc) is 2.49. The van der Waals surface area contributed by atoms with Crippen LogP contribution in [0.2, 0.25) is 0 Å². The van der Waals surface area contributed by atoms with E-state index in [2.05, 4.69) is 22.5 Å². The number of guanidine groups is 1. The molecule has 0 atom stereocenters. The predicted octanol–water partition coefficient (Wildman–Crippen LogP) is 1.79. The van der Waals surface area contributed by atoms with Crippen molar-refractivity contribution in [1.82, 2.24) is 10.6 Å². The zero-order valence-electron chi connectivity index (χ0n) is 12.6. The van der Waals surface area contributed by atoms with E-state index >= 15 is 0 Å². The van der Waals surface area contributed by atoms with Gasteiger partial charge in [-0.15, -0.1) is 0 Å². The Morgan fingerprint density at radius 1 is 1.25 bits per heavy atom. The third-order valence-corrected chi connectivity index (χ3v) is 2.72. The van der Waals surface area contributed by atoms with Crippen molar-refractivity contribution < 1.29 is 9.47 Å². The molecule has 1 aromatic rings. The lowest BCUT2D eigenvalue weighted by Crippen LogP contribution is -2.38. The number of rotatable bonds is 8. The molecule has 0 amide bonds. The molecule has 0 aromatic heterocycles. The van der Waals surface area contributed by atoms with Gasteiger partial charge < -0.3 is 20.1 Å². The number of benzene rings is 1. The molecule has 0 radical (unpaired) electrons. The minimum Gasteiger partial charge on any atom is -0.497 e. The van der Waals surface area contributed by atoms with E-state index in [1.54, 1.807) is 14.2 Å². The first kappa shape index (κ1) is 16.3. The molecule has 0 saturated carbocycles. The van der Waals surface area contributed by atoms with Gasteiger partial charge in [0.2, 0.25) is 0 Å². The summed E-state index contributed by atoms with van der Waals surface area (Å²) >= 11 is 0. The van der Waals surface area contributed by atoms with Gasteiger partial charge in [-0.1, -0.05) is 12.1 Å². The molecule has 0 fully saturated rings. The van der Waals surface area contributed by atoms with E-state index < -0.39 is 0 Å². The zero-order chi connectivity index (χ0) is 14.6. The number of methoxy groups -OCH3 is 2. The van der Waals surface area contributed by atoms with Gasteiger partial charge in [-0.2, -0.15) is 0 Å². The molecule has 112 valence electrons. The molecule has 2 N–H and O–H groups in total. The molecule has 0 bridgehead atoms. The van der Waals surface area contributed by atoms with E-state index in [1.807, 2.05) is 24.3 Å². The van der Waals surface area contributed by atoms with E-state index in [1.165, 1.54) is 0 Å². The van der Waals surface area contributed by atoms with Crippen LogP contribution >= 0.6 is 0 Å². The lowest BCUT2D eigenvalue weighted by Gasteiger charge is -2.11. The number of nitrogens with zero attached hydrogens (tertiary/aromatic N) is 1. The van der Waals surface area contributed by atoms with Crippen molar-refractivity contribution in [3.8, 4) is 5.75 Å². The Bertz CT molecular complexity index is 408. The summed E-state index contributed by atoms with van der Waals surface area (Å²) in [5.74, 6) is 1.68. The van der Waals surface area contributed by atoms with Crippen LogP contribution in [0.5, 0.6) is 5.75 Å². The lowest BCUT2D eigenvalue weighted by molar-refractivity contribution is 0.195. The molecule has 1 aromatic carbocycles. The zero-order valence-corrected chi connectivity index (χ0v) is 12.6. The highest BCUT2D eigenvalue weighted by molar-refractivity contribution is 5.79. The van der Waals surface area contributed by atoms with Gasteiger partial charge in [0.15, 0.2) is 5.96 Å². The summed E-state index contributed by atoms with van der Waals surface area (Å²) in [5, 5.41) is 6.51. The molecule has 1 rings (SSSR count). The van der Waals surface area contributed by atoms with Crippen molar-refractivity contribution in [1.29, 1.82) is 0 Å². The maximum Gasteiger partial charge on any atom is 0.191 e. The molecule has 0 spiro atoms. The first-order valence-electron chi connectivity index (χ1n) is 6.94. The minimum atomic E-state index is 0.622. The van der Waals surface area contributed by atoms with E-state index in [-0.39, 0.29) is 0 Å². The van der Waals surface area contributed by atoms with Crippen LogP contribution in [0.1, 0.15) is 18.9 Å². The second-order valence-corrected chi connectivity index (χ2v) is 4.32. The van der Waals surface area contributed by atoms with Crippen molar-refractivity contribution in [2.45, 2.75) is 19.9 Å². The van der Waals surface area contributed by atoms with Crippen molar-refractivity contribution >= 4 is 5.96 Å². The molecule has 0 aliphatic heterocycles. The summed E-state index contributed by atoms with van der Waals surface area (Å²) in [6.45, 7) is 5.11. The molecule has 5 heteroatoms. The summed E-state index contributed by atoms with van der Waals surface area (Å²) in [4.78, 5) is 4.55. The molecule has 5 nitrogen and oxygen atoms in total. The van der Waals surface area contributed by atoms with Crippen LogP contribution in [0.25, 0.3) is 0 Å². The Morgan fingerprint density at radius 3 is 2.80 bits per heavy atom. The number of ether oxygens (including phenoxy) is 2. The molecule has 0 aliphatic carbocycles. The van der Waals surface area contributed by atoms with Crippen molar-refractivity contribution in [3.05, 3.63) is 29.8 Å². The van der Waals surface area contributed by atoms with Crippen molar-refractivity contribution in [2.24, 2.45) is 4.99 Å². The third kappa shape index (κ3) is 6.43. The van der Waals surface area contributed by atoms with Gasteiger partial charge in [-0.3, -0.25) is 0 Å². The highest BCUT2D eigenvalue weighted by Gasteiger charge is 1.98. The summed E-state index contributed by atoms with van der Waals surface area (Å²) in [7, 11) is 3.38. The molecular formula is C15H25N3O2. The minimum absolute atomic E-state index is 0.622. The second kappa shape index (κ2) is 10.1. The molecular weight excluding hydrogens is 254 g/mol. The fraction of sp³-hybridized carbons (Fsp3) is 0.533. The molecule has 0 heterocycles. The molecule has 0 aliphatic rings. The van der Waals surface area contributed by atoms with E-state index in [0.717, 1.165) is 43.4 Å². The fourth-order valence-corrected chi connectivity index (χ4v) is 1.71. The average molecular weight is 279 g/mol. The van der Waals surface area contributed by atoms with E-state index in [0.29, 0.717) is 6.54 Å². The number of hydrogen-bond donors (Lipinski definition) is 2. The molecule has 0 unspecified atom stereocenters. The van der Waals surface area contributed by atoms with Gasteiger partial charge in [0.25, 0.3) is 0 Å². The van der Waals surface area contributed by atoms with Crippen molar-refractivity contribution in [3.63, 3.8) is 0 Å². The van der Waals surface area contributed by atoms with Gasteiger partial charge in [0.1, 0.15) is 5.75 Å². The quantitative estimate of drug-likeness (QED) is 0.433. The fourth-order valence-electron chi connectivity index (χ4n) is 1.71. The third-order valence-electron chi connectivity index (χ3n) is 2.72. The summed E-state index contributed by atoms with van der Waals surface area (Å²) < 4.78 is 10.2. The van der Waals surface area contributed by atoms with Crippen LogP contribution in [-0.2, 0) is 11.3 Å². The SMILES string of the molecule is CCNC(=NCc1cccc(OC)c1)NCCCOC. The first-order valence-corrected chi connectivity index (χ1v) is 6.94. The normalized spacial score (nSPS) is 11.2. The van der Waals surface area contributed by atoms with Crippen LogP contribution in [0.3, 0.4) is 0 Å². The number of hydrogen-bond acceptors (Lipinski definition) is 3. The molecule has 20 heavy (non-hydrogen) atoms. The Kier molecular flexibility index (Phi) is 8.22. The second-order valence-electron chi connectivity index (χ2n) is 4.32. The Hall–Kier alpha value is -1.75. The van der Waals surface area contributed by atoms with Crippen LogP contribution < -0.4 is 15.4 Å². The van der Waals surface area contributed by atoms with Crippen LogP contribution in [0, 0.1) is 0 Å². The maximum atomic E-state index is 5.21. The van der Waals surface area contributed by atoms with Gasteiger partial charge in [0.05, 0.1) is 13.7 Å². The number of aliphatic imine (C=N–C) groups is 1. The summed E-state index contributed by atoms with van der Waals surface area (Å²) in [5.41, 5.74) is 1.12. The Morgan fingerprint density at radius 2 is 2.10 bits per heavy atom. The predicted molar refractivity (Wildman–Crippen MR) is 82.3 cm³/mol. The first-order chi connectivity index (χ1) is 9.80. The number of nitrogens with one attached hydrogen (secondary N) is 2. The van der Waals surface area contributed by atoms with Gasteiger partial charge >= 0.3 is 0 Å². The summed E-state index contributed by atoms with van der Waals surface area (Å²) in [6, 6.07) is 7.95. The highest BCUT2D eigenvalue weighted by Crippen LogP contribution is 2.12. The maximum absolute atomic E-state index is 5.21. The molecule has 0 saturated heterocycles. The lowest BCUT2D eigenvalue weighted by atomic mass is 10.2. The Labute approximate surface area is 121 Å². The topological polar surface area (TPSA) is 54.9 Å². The smallest absolute Gasteiger partial charge is 0.191 e. The monoisotopic (exact) mass is 279 g/mol. The summed E-state index contributed by atoms with van der Waals surface area (Å²) in [6.07, 6.45) is 0.958. The van der Waals surface area contributed by atoms with Crippen LogP contribution in [-0.4, -0.2) is 39.9 Å². The highest BCUT2D eigenvalue weighted by atomic mass is 16.5. The van der Waals surface area contributed by atoms with Crippen LogP contribution in [0.4, 0.5) is 0 Å². The van der Waals surface area contributed by atoms with Gasteiger partial charge in [-0.05, 0) is 31.0 Å². The standard InChI is InChI=1S/C15H25N3O2/c1-4-16-15(17-9-6-10-19-2)18-12-13-7-5-8-14(11-13)20-3/h5,7-8,11H,4,6,9-10,12H2,1-3H3,(H2,16,17,18). The van der Waals surface area contributed by atoms with Gasteiger partial charge in [-0.25, -0.2) is 4.99 Å². The van der Waals surface area contributed by atoms with E-state index in [9.17, 15) is 0 Å². The Balaban J connectivity index is 2.52.